The lowest BCUT2D eigenvalue weighted by atomic mass is 9.48. The van der Waals surface area contributed by atoms with Crippen molar-refractivity contribution in [3.05, 3.63) is 0 Å². The normalized spacial score (nSPS) is 47.0. The molecule has 1 saturated heterocycles. The van der Waals surface area contributed by atoms with Gasteiger partial charge in [0.1, 0.15) is 0 Å². The molecule has 4 bridgehead atoms. The molecule has 22 heavy (non-hydrogen) atoms. The molecule has 0 amide bonds. The number of hydrogen-bond donors (Lipinski definition) is 1. The predicted molar refractivity (Wildman–Crippen MR) is 90.8 cm³/mol. The molecule has 0 radical (unpaired) electrons. The third kappa shape index (κ3) is 2.45. The summed E-state index contributed by atoms with van der Waals surface area (Å²) < 4.78 is 0. The number of nitrogens with one attached hydrogen (secondary N) is 1. The van der Waals surface area contributed by atoms with E-state index in [0.717, 1.165) is 35.9 Å². The van der Waals surface area contributed by atoms with Gasteiger partial charge in [0.25, 0.3) is 0 Å². The minimum absolute atomic E-state index is 0.683. The number of nitrogens with zero attached hydrogens (tertiary/aromatic N) is 1. The summed E-state index contributed by atoms with van der Waals surface area (Å²) >= 11 is 0. The Hall–Kier alpha value is -0.0800. The summed E-state index contributed by atoms with van der Waals surface area (Å²) in [6.07, 6.45) is 15.1. The molecule has 5 saturated carbocycles. The highest BCUT2D eigenvalue weighted by molar-refractivity contribution is 5.05. The van der Waals surface area contributed by atoms with Crippen LogP contribution in [0.5, 0.6) is 0 Å². The molecule has 2 nitrogen and oxygen atoms in total. The Kier molecular flexibility index (Phi) is 3.38. The van der Waals surface area contributed by atoms with Gasteiger partial charge in [-0.2, -0.15) is 0 Å². The lowest BCUT2D eigenvalue weighted by Crippen LogP contribution is -2.57. The first-order valence-corrected chi connectivity index (χ1v) is 10.2. The van der Waals surface area contributed by atoms with Crippen molar-refractivity contribution < 1.29 is 0 Å². The van der Waals surface area contributed by atoms with Crippen molar-refractivity contribution in [1.29, 1.82) is 0 Å². The van der Waals surface area contributed by atoms with Gasteiger partial charge in [-0.15, -0.1) is 0 Å². The fourth-order valence-electron chi connectivity index (χ4n) is 7.11. The molecule has 0 aromatic carbocycles. The van der Waals surface area contributed by atoms with Crippen LogP contribution in [0, 0.1) is 23.2 Å². The van der Waals surface area contributed by atoms with Crippen LogP contribution in [0.15, 0.2) is 0 Å². The van der Waals surface area contributed by atoms with Crippen LogP contribution in [-0.2, 0) is 0 Å². The van der Waals surface area contributed by atoms with Gasteiger partial charge in [-0.3, -0.25) is 0 Å². The van der Waals surface area contributed by atoms with Gasteiger partial charge in [-0.25, -0.2) is 0 Å². The minimum atomic E-state index is 0.683. The van der Waals surface area contributed by atoms with Gasteiger partial charge in [0.05, 0.1) is 0 Å². The summed E-state index contributed by atoms with van der Waals surface area (Å²) in [6.45, 7) is 5.26. The Labute approximate surface area is 136 Å². The molecule has 0 aromatic rings. The quantitative estimate of drug-likeness (QED) is 0.849. The molecule has 1 heterocycles. The van der Waals surface area contributed by atoms with Crippen LogP contribution in [0.1, 0.15) is 71.1 Å². The second-order valence-corrected chi connectivity index (χ2v) is 9.71. The molecule has 6 rings (SSSR count). The third-order valence-electron chi connectivity index (χ3n) is 8.08. The lowest BCUT2D eigenvalue weighted by Gasteiger charge is -2.59. The van der Waals surface area contributed by atoms with Crippen molar-refractivity contribution in [1.82, 2.24) is 10.2 Å². The van der Waals surface area contributed by atoms with E-state index >= 15 is 0 Å². The van der Waals surface area contributed by atoms with E-state index in [1.807, 2.05) is 0 Å². The van der Waals surface area contributed by atoms with Crippen molar-refractivity contribution in [3.8, 4) is 0 Å². The fraction of sp³-hybridized carbons (Fsp3) is 1.00. The van der Waals surface area contributed by atoms with Crippen LogP contribution in [0.3, 0.4) is 0 Å². The first kappa shape index (κ1) is 14.3. The van der Waals surface area contributed by atoms with Crippen LogP contribution in [0.2, 0.25) is 0 Å². The van der Waals surface area contributed by atoms with E-state index in [9.17, 15) is 0 Å². The molecule has 5 aliphatic carbocycles. The largest absolute Gasteiger partial charge is 0.311 e. The van der Waals surface area contributed by atoms with E-state index in [1.165, 1.54) is 38.8 Å². The molecular formula is C20H34N2. The Bertz CT molecular complexity index is 384. The standard InChI is InChI=1S/C20H34N2/c1-14(21-18-4-6-22(7-5-18)19-2-3-19)20-11-15-8-16(12-20)10-17(9-15)13-20/h14-19,21H,2-13H2,1H3. The van der Waals surface area contributed by atoms with Crippen LogP contribution in [-0.4, -0.2) is 36.1 Å². The minimum Gasteiger partial charge on any atom is -0.311 e. The number of piperidine rings is 1. The van der Waals surface area contributed by atoms with Crippen LogP contribution >= 0.6 is 0 Å². The van der Waals surface area contributed by atoms with Gasteiger partial charge in [0, 0.05) is 18.1 Å². The fourth-order valence-corrected chi connectivity index (χ4v) is 7.11. The zero-order chi connectivity index (χ0) is 14.7. The van der Waals surface area contributed by atoms with Gasteiger partial charge < -0.3 is 10.2 Å². The van der Waals surface area contributed by atoms with Crippen LogP contribution < -0.4 is 5.32 Å². The van der Waals surface area contributed by atoms with E-state index in [2.05, 4.69) is 17.1 Å². The molecule has 6 fully saturated rings. The van der Waals surface area contributed by atoms with Gasteiger partial charge in [-0.05, 0) is 107 Å². The van der Waals surface area contributed by atoms with Crippen molar-refractivity contribution in [3.63, 3.8) is 0 Å². The number of hydrogen-bond acceptors (Lipinski definition) is 2. The molecule has 1 atom stereocenters. The van der Waals surface area contributed by atoms with E-state index in [1.54, 1.807) is 38.5 Å². The second-order valence-electron chi connectivity index (χ2n) is 9.71. The summed E-state index contributed by atoms with van der Waals surface area (Å²) in [6, 6.07) is 2.54. The monoisotopic (exact) mass is 302 g/mol. The molecule has 0 aromatic heterocycles. The van der Waals surface area contributed by atoms with E-state index in [4.69, 9.17) is 0 Å². The Morgan fingerprint density at radius 1 is 0.864 bits per heavy atom. The average molecular weight is 303 g/mol. The molecule has 1 unspecified atom stereocenters. The first-order chi connectivity index (χ1) is 10.7. The number of rotatable bonds is 4. The highest BCUT2D eigenvalue weighted by atomic mass is 15.2. The smallest absolute Gasteiger partial charge is 0.00981 e. The maximum absolute atomic E-state index is 4.13. The second kappa shape index (κ2) is 5.21. The van der Waals surface area contributed by atoms with E-state index in [-0.39, 0.29) is 0 Å². The molecular weight excluding hydrogens is 268 g/mol. The Morgan fingerprint density at radius 2 is 1.41 bits per heavy atom. The summed E-state index contributed by atoms with van der Waals surface area (Å²) in [5.41, 5.74) is 0.683. The maximum Gasteiger partial charge on any atom is 0.00981 e. The highest BCUT2D eigenvalue weighted by Gasteiger charge is 2.53. The molecule has 1 aliphatic heterocycles. The molecule has 124 valence electrons. The van der Waals surface area contributed by atoms with Gasteiger partial charge >= 0.3 is 0 Å². The molecule has 1 N–H and O–H groups in total. The van der Waals surface area contributed by atoms with Crippen molar-refractivity contribution >= 4 is 0 Å². The average Bonchev–Trinajstić information content (AvgIpc) is 3.31. The van der Waals surface area contributed by atoms with Gasteiger partial charge in [-0.1, -0.05) is 0 Å². The van der Waals surface area contributed by atoms with Gasteiger partial charge in [0.15, 0.2) is 0 Å². The van der Waals surface area contributed by atoms with Gasteiger partial charge in [0.2, 0.25) is 0 Å². The van der Waals surface area contributed by atoms with Crippen molar-refractivity contribution in [2.24, 2.45) is 23.2 Å². The molecule has 6 aliphatic rings. The van der Waals surface area contributed by atoms with Crippen molar-refractivity contribution in [2.45, 2.75) is 89.3 Å². The summed E-state index contributed by atoms with van der Waals surface area (Å²) in [5, 5.41) is 4.13. The number of likely N-dealkylation sites (tertiary alicyclic amines) is 1. The van der Waals surface area contributed by atoms with E-state index < -0.39 is 0 Å². The summed E-state index contributed by atoms with van der Waals surface area (Å²) in [5.74, 6) is 3.27. The van der Waals surface area contributed by atoms with Crippen molar-refractivity contribution in [2.75, 3.05) is 13.1 Å². The molecule has 2 heteroatoms. The topological polar surface area (TPSA) is 15.3 Å². The Balaban J connectivity index is 1.21. The van der Waals surface area contributed by atoms with Crippen LogP contribution in [0.25, 0.3) is 0 Å². The Morgan fingerprint density at radius 3 is 1.91 bits per heavy atom. The van der Waals surface area contributed by atoms with E-state index in [0.29, 0.717) is 5.41 Å². The zero-order valence-corrected chi connectivity index (χ0v) is 14.4. The zero-order valence-electron chi connectivity index (χ0n) is 14.4. The summed E-state index contributed by atoms with van der Waals surface area (Å²) in [4.78, 5) is 2.76. The lowest BCUT2D eigenvalue weighted by molar-refractivity contribution is -0.0731. The predicted octanol–water partition coefficient (Wildman–Crippen LogP) is 3.81. The molecule has 0 spiro atoms. The van der Waals surface area contributed by atoms with Crippen LogP contribution in [0.4, 0.5) is 0 Å². The first-order valence-electron chi connectivity index (χ1n) is 10.2. The summed E-state index contributed by atoms with van der Waals surface area (Å²) in [7, 11) is 0. The maximum atomic E-state index is 4.13. The SMILES string of the molecule is CC(NC1CCN(C2CC2)CC1)C12CC3CC(CC(C3)C1)C2. The highest BCUT2D eigenvalue weighted by Crippen LogP contribution is 2.61. The third-order valence-corrected chi connectivity index (χ3v) is 8.08.